The summed E-state index contributed by atoms with van der Waals surface area (Å²) >= 11 is 7.33. The molecule has 0 aliphatic carbocycles. The van der Waals surface area contributed by atoms with Crippen molar-refractivity contribution in [3.8, 4) is 5.75 Å². The molecule has 0 fully saturated rings. The van der Waals surface area contributed by atoms with E-state index < -0.39 is 0 Å². The van der Waals surface area contributed by atoms with Gasteiger partial charge >= 0.3 is 0 Å². The van der Waals surface area contributed by atoms with Crippen molar-refractivity contribution in [1.82, 2.24) is 4.90 Å². The second kappa shape index (κ2) is 6.65. The zero-order valence-corrected chi connectivity index (χ0v) is 12.8. The van der Waals surface area contributed by atoms with Gasteiger partial charge in [0.2, 0.25) is 0 Å². The summed E-state index contributed by atoms with van der Waals surface area (Å²) in [5.41, 5.74) is 6.17. The van der Waals surface area contributed by atoms with Gasteiger partial charge in [0, 0.05) is 17.0 Å². The van der Waals surface area contributed by atoms with Gasteiger partial charge in [-0.25, -0.2) is 0 Å². The van der Waals surface area contributed by atoms with Crippen LogP contribution in [0.1, 0.15) is 15.2 Å². The molecule has 21 heavy (non-hydrogen) atoms. The highest BCUT2D eigenvalue weighted by molar-refractivity contribution is 7.16. The molecule has 0 bridgehead atoms. The second-order valence-corrected chi connectivity index (χ2v) is 6.25. The van der Waals surface area contributed by atoms with Crippen LogP contribution in [0.3, 0.4) is 0 Å². The van der Waals surface area contributed by atoms with Crippen molar-refractivity contribution in [1.29, 1.82) is 0 Å². The maximum absolute atomic E-state index is 12.5. The number of benzene rings is 1. The molecule has 2 rings (SSSR count). The van der Waals surface area contributed by atoms with Crippen LogP contribution in [0.15, 0.2) is 43.0 Å². The number of nitrogens with zero attached hydrogens (tertiary/aromatic N) is 1. The molecule has 1 heterocycles. The van der Waals surface area contributed by atoms with Crippen LogP contribution in [0.25, 0.3) is 0 Å². The zero-order chi connectivity index (χ0) is 15.4. The van der Waals surface area contributed by atoms with Gasteiger partial charge in [-0.15, -0.1) is 17.9 Å². The molecule has 3 N–H and O–H groups in total. The number of nitrogen functional groups attached to an aromatic ring is 1. The summed E-state index contributed by atoms with van der Waals surface area (Å²) in [5, 5.41) is 9.62. The van der Waals surface area contributed by atoms with Crippen LogP contribution >= 0.6 is 22.9 Å². The molecule has 110 valence electrons. The van der Waals surface area contributed by atoms with E-state index in [2.05, 4.69) is 6.58 Å². The number of carbonyl (C=O) groups excluding carboxylic acids is 1. The Bertz CT molecular complexity index is 669. The van der Waals surface area contributed by atoms with E-state index in [0.29, 0.717) is 23.0 Å². The van der Waals surface area contributed by atoms with Gasteiger partial charge in [-0.2, -0.15) is 0 Å². The van der Waals surface area contributed by atoms with E-state index in [9.17, 15) is 9.90 Å². The fourth-order valence-electron chi connectivity index (χ4n) is 1.86. The largest absolute Gasteiger partial charge is 0.506 e. The number of phenolic OH excluding ortho intramolecular Hbond substituents is 1. The molecule has 0 aliphatic rings. The highest BCUT2D eigenvalue weighted by Gasteiger charge is 2.17. The lowest BCUT2D eigenvalue weighted by Gasteiger charge is -2.20. The lowest BCUT2D eigenvalue weighted by atomic mass is 10.1. The molecular weight excluding hydrogens is 308 g/mol. The van der Waals surface area contributed by atoms with Crippen LogP contribution < -0.4 is 5.73 Å². The fraction of sp³-hybridized carbons (Fsp3) is 0.133. The normalized spacial score (nSPS) is 10.3. The number of aromatic hydroxyl groups is 1. The zero-order valence-electron chi connectivity index (χ0n) is 11.3. The SMILES string of the molecule is C=CCN(Cc1ccc(Cl)s1)C(=O)c1ccc(N)c(O)c1. The molecule has 0 saturated heterocycles. The molecule has 6 heteroatoms. The summed E-state index contributed by atoms with van der Waals surface area (Å²) in [6, 6.07) is 8.16. The summed E-state index contributed by atoms with van der Waals surface area (Å²) in [6.07, 6.45) is 1.66. The molecule has 0 spiro atoms. The van der Waals surface area contributed by atoms with Gasteiger partial charge in [0.1, 0.15) is 5.75 Å². The highest BCUT2D eigenvalue weighted by atomic mass is 35.5. The quantitative estimate of drug-likeness (QED) is 0.503. The Balaban J connectivity index is 2.22. The maximum Gasteiger partial charge on any atom is 0.254 e. The number of nitrogens with two attached hydrogens (primary N) is 1. The lowest BCUT2D eigenvalue weighted by molar-refractivity contribution is 0.0764. The first-order valence-corrected chi connectivity index (χ1v) is 7.43. The summed E-state index contributed by atoms with van der Waals surface area (Å²) in [6.45, 7) is 4.51. The average Bonchev–Trinajstić information content (AvgIpc) is 2.86. The van der Waals surface area contributed by atoms with E-state index in [1.54, 1.807) is 23.1 Å². The lowest BCUT2D eigenvalue weighted by Crippen LogP contribution is -2.30. The van der Waals surface area contributed by atoms with E-state index in [-0.39, 0.29) is 17.3 Å². The predicted molar refractivity (Wildman–Crippen MR) is 86.8 cm³/mol. The third-order valence-corrected chi connectivity index (χ3v) is 4.11. The minimum Gasteiger partial charge on any atom is -0.506 e. The van der Waals surface area contributed by atoms with Gasteiger partial charge in [-0.1, -0.05) is 17.7 Å². The van der Waals surface area contributed by atoms with Crippen LogP contribution in [0.5, 0.6) is 5.75 Å². The minimum absolute atomic E-state index is 0.0985. The second-order valence-electron chi connectivity index (χ2n) is 4.45. The van der Waals surface area contributed by atoms with Crippen molar-refractivity contribution in [3.05, 3.63) is 57.8 Å². The average molecular weight is 323 g/mol. The van der Waals surface area contributed by atoms with Crippen molar-refractivity contribution < 1.29 is 9.90 Å². The number of halogens is 1. The topological polar surface area (TPSA) is 66.6 Å². The van der Waals surface area contributed by atoms with Gasteiger partial charge in [-0.05, 0) is 30.3 Å². The number of hydrogen-bond acceptors (Lipinski definition) is 4. The molecule has 0 radical (unpaired) electrons. The summed E-state index contributed by atoms with van der Waals surface area (Å²) < 4.78 is 0.682. The van der Waals surface area contributed by atoms with E-state index >= 15 is 0 Å². The molecule has 1 aromatic carbocycles. The van der Waals surface area contributed by atoms with Crippen molar-refractivity contribution in [2.75, 3.05) is 12.3 Å². The smallest absolute Gasteiger partial charge is 0.254 e. The summed E-state index contributed by atoms with van der Waals surface area (Å²) in [5.74, 6) is -0.298. The molecule has 0 unspecified atom stereocenters. The molecule has 0 atom stereocenters. The first-order valence-electron chi connectivity index (χ1n) is 6.24. The molecule has 2 aromatic rings. The number of rotatable bonds is 5. The van der Waals surface area contributed by atoms with E-state index in [1.807, 2.05) is 6.07 Å². The molecule has 1 amide bonds. The maximum atomic E-state index is 12.5. The fourth-order valence-corrected chi connectivity index (χ4v) is 2.96. The van der Waals surface area contributed by atoms with Crippen molar-refractivity contribution in [2.24, 2.45) is 0 Å². The Morgan fingerprint density at radius 1 is 1.43 bits per heavy atom. The highest BCUT2D eigenvalue weighted by Crippen LogP contribution is 2.25. The van der Waals surface area contributed by atoms with Crippen LogP contribution in [0.2, 0.25) is 4.34 Å². The first kappa shape index (κ1) is 15.4. The monoisotopic (exact) mass is 322 g/mol. The standard InChI is InChI=1S/C15H15ClN2O2S/c1-2-7-18(9-11-4-6-14(16)21-11)15(20)10-3-5-12(17)13(19)8-10/h2-6,8,19H,1,7,9,17H2. The van der Waals surface area contributed by atoms with Crippen molar-refractivity contribution >= 4 is 34.5 Å². The number of phenols is 1. The van der Waals surface area contributed by atoms with Gasteiger partial charge in [0.15, 0.2) is 0 Å². The molecule has 4 nitrogen and oxygen atoms in total. The van der Waals surface area contributed by atoms with Gasteiger partial charge in [0.05, 0.1) is 16.6 Å². The molecule has 0 aliphatic heterocycles. The third-order valence-electron chi connectivity index (χ3n) is 2.89. The number of amides is 1. The number of thiophene rings is 1. The predicted octanol–water partition coefficient (Wildman–Crippen LogP) is 3.52. The van der Waals surface area contributed by atoms with E-state index in [4.69, 9.17) is 17.3 Å². The Hall–Kier alpha value is -1.98. The van der Waals surface area contributed by atoms with Gasteiger partial charge in [-0.3, -0.25) is 4.79 Å². The van der Waals surface area contributed by atoms with Crippen molar-refractivity contribution in [3.63, 3.8) is 0 Å². The summed E-state index contributed by atoms with van der Waals surface area (Å²) in [4.78, 5) is 15.1. The van der Waals surface area contributed by atoms with Crippen LogP contribution in [0.4, 0.5) is 5.69 Å². The molecule has 1 aromatic heterocycles. The Morgan fingerprint density at radius 2 is 2.19 bits per heavy atom. The van der Waals surface area contributed by atoms with Crippen molar-refractivity contribution in [2.45, 2.75) is 6.54 Å². The minimum atomic E-state index is -0.199. The van der Waals surface area contributed by atoms with E-state index in [0.717, 1.165) is 4.88 Å². The van der Waals surface area contributed by atoms with E-state index in [1.165, 1.54) is 23.5 Å². The number of hydrogen-bond donors (Lipinski definition) is 2. The van der Waals surface area contributed by atoms with Gasteiger partial charge in [0.25, 0.3) is 5.91 Å². The Morgan fingerprint density at radius 3 is 2.76 bits per heavy atom. The van der Waals surface area contributed by atoms with Crippen LogP contribution in [-0.4, -0.2) is 22.5 Å². The third kappa shape index (κ3) is 3.77. The number of anilines is 1. The molecular formula is C15H15ClN2O2S. The summed E-state index contributed by atoms with van der Waals surface area (Å²) in [7, 11) is 0. The number of carbonyl (C=O) groups is 1. The van der Waals surface area contributed by atoms with Crippen LogP contribution in [-0.2, 0) is 6.54 Å². The Kier molecular flexibility index (Phi) is 4.88. The molecule has 0 saturated carbocycles. The Labute approximate surface area is 132 Å². The first-order chi connectivity index (χ1) is 10.0. The van der Waals surface area contributed by atoms with Crippen LogP contribution in [0, 0.1) is 0 Å². The van der Waals surface area contributed by atoms with Gasteiger partial charge < -0.3 is 15.7 Å².